The van der Waals surface area contributed by atoms with Crippen molar-refractivity contribution in [2.24, 2.45) is 5.92 Å². The summed E-state index contributed by atoms with van der Waals surface area (Å²) in [7, 11) is 9.48. The van der Waals surface area contributed by atoms with E-state index in [2.05, 4.69) is 37.3 Å². The molecule has 1 fully saturated rings. The second kappa shape index (κ2) is 32.7. The summed E-state index contributed by atoms with van der Waals surface area (Å²) in [6.07, 6.45) is -1.89. The van der Waals surface area contributed by atoms with E-state index in [1.54, 1.807) is 31.2 Å². The molecular formula is C59H86ClN9O16. The topological polar surface area (TPSA) is 310 Å². The minimum atomic E-state index is -1.97. The second-order valence-corrected chi connectivity index (χ2v) is 22.1. The number of aliphatic hydroxyl groups is 3. The average Bonchev–Trinajstić information content (AvgIpc) is 2.91. The summed E-state index contributed by atoms with van der Waals surface area (Å²) in [4.78, 5) is 94.5. The molecule has 2 aromatic carbocycles. The molecule has 1 saturated heterocycles. The molecule has 3 heterocycles. The molecule has 25 nitrogen and oxygen atoms in total. The van der Waals surface area contributed by atoms with Crippen molar-refractivity contribution >= 4 is 69.8 Å². The largest absolute Gasteiger partial charge is 0.495 e. The molecule has 6 amide bonds. The fourth-order valence-electron chi connectivity index (χ4n) is 9.91. The number of hydrazine groups is 1. The number of nitrogens with one attached hydrogen (secondary N) is 5. The minimum absolute atomic E-state index is 0.0218. The van der Waals surface area contributed by atoms with Gasteiger partial charge in [0.1, 0.15) is 41.2 Å². The fraction of sp³-hybridized carbons (Fsp3) is 0.576. The number of aliphatic hydroxyl groups excluding tert-OH is 1. The molecule has 2 aliphatic rings. The molecule has 1 unspecified atom stereocenters. The summed E-state index contributed by atoms with van der Waals surface area (Å²) in [5.74, 6) is -3.95. The standard InChI is InChI=1S/C59H86ClN9O16/c1-37-14-13-17-48(81-10)59(79)35-47(84-57(77)65-59)38(2)34-58(4,78)49(33-53(74)68(8)44-29-40(28-37)30-46(80-9)54(44)60)85-56(76)39(3)67(7)52(73)19-24-82-26-27-83-25-22-64-55(75)45(70)32-51(72)63-21-20-62-50(71)18-23-69-42(36-66(6)61-5)31-41-15-11-12-16-43(41)69/h11-17,29-31,38-39,45,47-49,61,70,78-79H,18-28,32-36H2,1-10H3,(H,62,71)(H,63,72)(H,64,75)(H,65,77)/b17-13+,37-14+/t38-,39-,45-,47-,48+,49-,58?,59-/m0/s1. The highest BCUT2D eigenvalue weighted by molar-refractivity contribution is 6.35. The van der Waals surface area contributed by atoms with E-state index in [0.717, 1.165) is 32.6 Å². The van der Waals surface area contributed by atoms with Crippen molar-refractivity contribution in [2.45, 2.75) is 128 Å². The first-order valence-electron chi connectivity index (χ1n) is 28.3. The van der Waals surface area contributed by atoms with Crippen LogP contribution in [0.1, 0.15) is 77.5 Å². The minimum Gasteiger partial charge on any atom is -0.495 e. The quantitative estimate of drug-likeness (QED) is 0.0325. The lowest BCUT2D eigenvalue weighted by Gasteiger charge is -2.43. The van der Waals surface area contributed by atoms with Crippen LogP contribution < -0.4 is 36.3 Å². The molecule has 2 aliphatic heterocycles. The van der Waals surface area contributed by atoms with Crippen LogP contribution in [0, 0.1) is 5.92 Å². The van der Waals surface area contributed by atoms with Crippen molar-refractivity contribution in [2.75, 3.05) is 93.4 Å². The van der Waals surface area contributed by atoms with Crippen molar-refractivity contribution in [3.8, 4) is 5.75 Å². The molecule has 0 radical (unpaired) electrons. The molecule has 1 aromatic heterocycles. The number of likely N-dealkylation sites (N-methyl/N-ethyl adjacent to an activating group) is 1. The van der Waals surface area contributed by atoms with Crippen molar-refractivity contribution in [1.29, 1.82) is 0 Å². The number of rotatable bonds is 26. The SMILES string of the molecule is CNN(C)Cc1cc2ccccc2n1CCC(=O)NCCNC(=O)C[C@H](O)C(=O)NCCOCCOCCC(=O)N(C)[C@@H](C)C(=O)O[C@H]1CC(=O)N(C)c2cc(cc(OC)c2Cl)C/C(C)=C/C=C/[C@@H](OC)[C@@]2(O)C[C@H](OC(=O)N2)[C@@H](C)CC1(C)O. The number of ether oxygens (including phenoxy) is 6. The first kappa shape index (κ1) is 69.1. The number of hydrogen-bond acceptors (Lipinski definition) is 18. The summed E-state index contributed by atoms with van der Waals surface area (Å²) in [5.41, 5.74) is 3.16. The highest BCUT2D eigenvalue weighted by Gasteiger charge is 2.49. The van der Waals surface area contributed by atoms with Gasteiger partial charge >= 0.3 is 12.1 Å². The molecular weight excluding hydrogens is 1130 g/mol. The summed E-state index contributed by atoms with van der Waals surface area (Å²) in [6, 6.07) is 12.3. The van der Waals surface area contributed by atoms with E-state index in [4.69, 9.17) is 40.0 Å². The van der Waals surface area contributed by atoms with Gasteiger partial charge in [-0.1, -0.05) is 60.5 Å². The number of nitrogens with zero attached hydrogens (tertiary/aromatic N) is 4. The first-order chi connectivity index (χ1) is 40.3. The van der Waals surface area contributed by atoms with Crippen LogP contribution >= 0.6 is 11.6 Å². The lowest BCUT2D eigenvalue weighted by Crippen LogP contribution is -2.63. The summed E-state index contributed by atoms with van der Waals surface area (Å²) in [6.45, 7) is 7.91. The van der Waals surface area contributed by atoms with Crippen molar-refractivity contribution < 1.29 is 77.3 Å². The number of carbonyl (C=O) groups excluding carboxylic acids is 7. The van der Waals surface area contributed by atoms with Crippen molar-refractivity contribution in [3.05, 3.63) is 82.5 Å². The van der Waals surface area contributed by atoms with Gasteiger partial charge in [0, 0.05) is 78.5 Å². The maximum atomic E-state index is 14.3. The van der Waals surface area contributed by atoms with Crippen LogP contribution in [0.4, 0.5) is 10.5 Å². The first-order valence-corrected chi connectivity index (χ1v) is 28.7. The highest BCUT2D eigenvalue weighted by Crippen LogP contribution is 2.38. The number of allylic oxidation sites excluding steroid dienone is 3. The molecule has 8 N–H and O–H groups in total. The third kappa shape index (κ3) is 20.2. The number of para-hydroxylation sites is 1. The van der Waals surface area contributed by atoms with Crippen LogP contribution in [-0.2, 0) is 72.0 Å². The van der Waals surface area contributed by atoms with Gasteiger partial charge in [-0.3, -0.25) is 34.7 Å². The molecule has 5 rings (SSSR count). The van der Waals surface area contributed by atoms with Gasteiger partial charge in [-0.25, -0.2) is 14.6 Å². The molecule has 26 heteroatoms. The fourth-order valence-corrected chi connectivity index (χ4v) is 10.2. The van der Waals surface area contributed by atoms with E-state index in [1.165, 1.54) is 47.1 Å². The summed E-state index contributed by atoms with van der Waals surface area (Å²) in [5, 5.41) is 47.9. The number of anilines is 1. The van der Waals surface area contributed by atoms with Crippen LogP contribution in [0.25, 0.3) is 10.9 Å². The number of fused-ring (bicyclic) bond motifs is 5. The van der Waals surface area contributed by atoms with Gasteiger partial charge in [-0.2, -0.15) is 0 Å². The number of carbonyl (C=O) groups is 7. The Morgan fingerprint density at radius 2 is 1.64 bits per heavy atom. The van der Waals surface area contributed by atoms with Crippen LogP contribution in [0.15, 0.2) is 66.3 Å². The van der Waals surface area contributed by atoms with Crippen LogP contribution in [0.5, 0.6) is 5.75 Å². The van der Waals surface area contributed by atoms with E-state index < -0.39 is 96.2 Å². The van der Waals surface area contributed by atoms with Crippen LogP contribution in [0.2, 0.25) is 5.02 Å². The number of amides is 6. The Hall–Kier alpha value is -6.68. The number of methoxy groups -OCH3 is 2. The predicted molar refractivity (Wildman–Crippen MR) is 316 cm³/mol. The molecule has 3 aromatic rings. The van der Waals surface area contributed by atoms with E-state index in [1.807, 2.05) is 56.4 Å². The van der Waals surface area contributed by atoms with Crippen molar-refractivity contribution in [3.63, 3.8) is 0 Å². The van der Waals surface area contributed by atoms with E-state index >= 15 is 0 Å². The number of aromatic nitrogens is 1. The zero-order valence-corrected chi connectivity index (χ0v) is 51.1. The molecule has 4 bridgehead atoms. The Kier molecular flexibility index (Phi) is 26.6. The Bertz CT molecular complexity index is 2850. The smallest absolute Gasteiger partial charge is 0.409 e. The third-order valence-electron chi connectivity index (χ3n) is 15.1. The Morgan fingerprint density at radius 3 is 2.33 bits per heavy atom. The van der Waals surface area contributed by atoms with Gasteiger partial charge in [-0.15, -0.1) is 0 Å². The highest BCUT2D eigenvalue weighted by atomic mass is 35.5. The zero-order valence-electron chi connectivity index (χ0n) is 50.4. The summed E-state index contributed by atoms with van der Waals surface area (Å²) >= 11 is 6.78. The van der Waals surface area contributed by atoms with Gasteiger partial charge in [-0.05, 0) is 81.8 Å². The van der Waals surface area contributed by atoms with Gasteiger partial charge in [0.25, 0.3) is 0 Å². The van der Waals surface area contributed by atoms with Gasteiger partial charge in [0.2, 0.25) is 29.5 Å². The van der Waals surface area contributed by atoms with Crippen molar-refractivity contribution in [1.82, 2.24) is 41.2 Å². The molecule has 0 aliphatic carbocycles. The maximum absolute atomic E-state index is 14.3. The zero-order chi connectivity index (χ0) is 62.6. The molecule has 0 saturated carbocycles. The summed E-state index contributed by atoms with van der Waals surface area (Å²) < 4.78 is 36.0. The normalized spacial score (nSPS) is 23.0. The van der Waals surface area contributed by atoms with Gasteiger partial charge in [0.15, 0.2) is 5.72 Å². The van der Waals surface area contributed by atoms with E-state index in [9.17, 15) is 48.9 Å². The number of hydrogen-bond donors (Lipinski definition) is 8. The lowest BCUT2D eigenvalue weighted by molar-refractivity contribution is -0.177. The van der Waals surface area contributed by atoms with Crippen LogP contribution in [0.3, 0.4) is 0 Å². The third-order valence-corrected chi connectivity index (χ3v) is 15.4. The maximum Gasteiger partial charge on any atom is 0.409 e. The number of alkyl carbamates (subject to hydrolysis) is 1. The number of benzene rings is 2. The van der Waals surface area contributed by atoms with Crippen LogP contribution in [-0.4, -0.2) is 202 Å². The Morgan fingerprint density at radius 1 is 0.941 bits per heavy atom. The Balaban J connectivity index is 1.05. The number of aryl methyl sites for hydroxylation is 1. The molecule has 85 heavy (non-hydrogen) atoms. The lowest BCUT2D eigenvalue weighted by atomic mass is 9.81. The van der Waals surface area contributed by atoms with Gasteiger partial charge < -0.3 is 74.1 Å². The monoisotopic (exact) mass is 1210 g/mol. The molecule has 8 atom stereocenters. The predicted octanol–water partition coefficient (Wildman–Crippen LogP) is 2.63. The second-order valence-electron chi connectivity index (χ2n) is 21.7. The number of halogens is 1. The van der Waals surface area contributed by atoms with Gasteiger partial charge in [0.05, 0.1) is 70.6 Å². The number of esters is 1. The average molecular weight is 1210 g/mol. The molecule has 470 valence electrons. The molecule has 0 spiro atoms. The van der Waals surface area contributed by atoms with E-state index in [0.29, 0.717) is 25.3 Å². The van der Waals surface area contributed by atoms with E-state index in [-0.39, 0.29) is 88.4 Å². The Labute approximate surface area is 501 Å².